The van der Waals surface area contributed by atoms with Crippen LogP contribution in [0.4, 0.5) is 13.2 Å². The highest BCUT2D eigenvalue weighted by Crippen LogP contribution is 2.39. The molecule has 3 aromatic rings. The third kappa shape index (κ3) is 4.39. The summed E-state index contributed by atoms with van der Waals surface area (Å²) >= 11 is 2.88. The van der Waals surface area contributed by atoms with E-state index in [4.69, 9.17) is 0 Å². The van der Waals surface area contributed by atoms with E-state index < -0.39 is 26.5 Å². The highest BCUT2D eigenvalue weighted by atomic mass is 79.9. The maximum Gasteiger partial charge on any atom is 0.451 e. The van der Waals surface area contributed by atoms with Crippen molar-refractivity contribution < 1.29 is 25.8 Å². The molecule has 0 atom stereocenters. The zero-order valence-corrected chi connectivity index (χ0v) is 16.9. The number of rotatable bonds is 4. The van der Waals surface area contributed by atoms with Gasteiger partial charge in [0.15, 0.2) is 0 Å². The molecule has 0 aliphatic carbocycles. The molecule has 0 bridgehead atoms. The van der Waals surface area contributed by atoms with Gasteiger partial charge in [-0.3, -0.25) is 0 Å². The second kappa shape index (κ2) is 7.60. The van der Waals surface area contributed by atoms with Crippen LogP contribution in [0.15, 0.2) is 77.4 Å². The molecule has 0 saturated carbocycles. The number of hydrogen-bond acceptors (Lipinski definition) is 3. The monoisotopic (exact) mass is 470 g/mol. The van der Waals surface area contributed by atoms with E-state index in [2.05, 4.69) is 20.1 Å². The largest absolute Gasteiger partial charge is 0.451 e. The lowest BCUT2D eigenvalue weighted by Gasteiger charge is -2.16. The molecule has 0 fully saturated rings. The summed E-state index contributed by atoms with van der Waals surface area (Å²) in [5.41, 5.74) is 0.910. The first-order valence-corrected chi connectivity index (χ1v) is 10.3. The first-order chi connectivity index (χ1) is 13.1. The van der Waals surface area contributed by atoms with Crippen LogP contribution in [0.25, 0.3) is 15.3 Å². The Balaban J connectivity index is 2.09. The molecule has 146 valence electrons. The van der Waals surface area contributed by atoms with E-state index in [-0.39, 0.29) is 10.5 Å². The Morgan fingerprint density at radius 1 is 0.929 bits per heavy atom. The lowest BCUT2D eigenvalue weighted by molar-refractivity contribution is -0.114. The lowest BCUT2D eigenvalue weighted by Crippen LogP contribution is -2.19. The van der Waals surface area contributed by atoms with E-state index in [0.29, 0.717) is 5.39 Å². The predicted octanol–water partition coefficient (Wildman–Crippen LogP) is 6.18. The van der Waals surface area contributed by atoms with Gasteiger partial charge in [0.05, 0.1) is 4.48 Å². The van der Waals surface area contributed by atoms with Gasteiger partial charge in [0, 0.05) is 0 Å². The summed E-state index contributed by atoms with van der Waals surface area (Å²) in [5, 5.41) is 1.55. The molecule has 3 aromatic carbocycles. The molecule has 0 amide bonds. The quantitative estimate of drug-likeness (QED) is 0.337. The second-order valence-electron chi connectivity index (χ2n) is 6.05. The number of hydrogen-bond donors (Lipinski definition) is 0. The van der Waals surface area contributed by atoms with Crippen molar-refractivity contribution in [1.82, 2.24) is 0 Å². The zero-order chi connectivity index (χ0) is 20.5. The molecule has 3 rings (SSSR count). The molecule has 0 saturated heterocycles. The average Bonchev–Trinajstić information content (AvgIpc) is 2.65. The van der Waals surface area contributed by atoms with Gasteiger partial charge in [-0.25, -0.2) is 0 Å². The maximum absolute atomic E-state index is 13.6. The Morgan fingerprint density at radius 3 is 2.14 bits per heavy atom. The third-order valence-electron chi connectivity index (χ3n) is 3.96. The van der Waals surface area contributed by atoms with Gasteiger partial charge in [-0.15, -0.1) is 0 Å². The summed E-state index contributed by atoms with van der Waals surface area (Å²) in [6.45, 7) is 1.73. The van der Waals surface area contributed by atoms with Crippen molar-refractivity contribution in [3.05, 3.63) is 83.6 Å². The summed E-state index contributed by atoms with van der Waals surface area (Å²) in [4.78, 5) is -0.362. The van der Waals surface area contributed by atoms with E-state index in [9.17, 15) is 21.6 Å². The second-order valence-corrected chi connectivity index (χ2v) is 8.39. The Kier molecular flexibility index (Phi) is 5.54. The van der Waals surface area contributed by atoms with Crippen LogP contribution in [0.1, 0.15) is 11.1 Å². The summed E-state index contributed by atoms with van der Waals surface area (Å²) < 4.78 is 69.6. The maximum atomic E-state index is 13.6. The fraction of sp³-hybridized carbons (Fsp3) is 0.100. The van der Waals surface area contributed by atoms with E-state index in [1.165, 1.54) is 36.4 Å². The standard InChI is InChI=1S/C20H14BrF3O3S/c1-13-6-10-17(11-7-13)28(25,26)27-19(20(22,23)24)18(21)16-9-8-14-4-2-3-5-15(14)12-16/h2-12H,1H3/b19-18-. The van der Waals surface area contributed by atoms with Gasteiger partial charge in [0.2, 0.25) is 5.76 Å². The molecule has 0 heterocycles. The number of aryl methyl sites for hydroxylation is 1. The van der Waals surface area contributed by atoms with Crippen LogP contribution in [-0.4, -0.2) is 14.6 Å². The topological polar surface area (TPSA) is 43.4 Å². The minimum Gasteiger partial charge on any atom is -0.372 e. The molecule has 0 radical (unpaired) electrons. The Hall–Kier alpha value is -2.32. The van der Waals surface area contributed by atoms with Gasteiger partial charge >= 0.3 is 16.3 Å². The number of fused-ring (bicyclic) bond motifs is 1. The minimum absolute atomic E-state index is 0.144. The van der Waals surface area contributed by atoms with Crippen molar-refractivity contribution in [1.29, 1.82) is 0 Å². The van der Waals surface area contributed by atoms with E-state index in [0.717, 1.165) is 10.9 Å². The molecule has 0 spiro atoms. The predicted molar refractivity (Wildman–Crippen MR) is 105 cm³/mol. The van der Waals surface area contributed by atoms with Gasteiger partial charge in [0.1, 0.15) is 4.90 Å². The van der Waals surface area contributed by atoms with Crippen molar-refractivity contribution in [2.75, 3.05) is 0 Å². The minimum atomic E-state index is -5.03. The number of allylic oxidation sites excluding steroid dienone is 1. The fourth-order valence-corrected chi connectivity index (χ4v) is 4.15. The Bertz CT molecular complexity index is 1150. The zero-order valence-electron chi connectivity index (χ0n) is 14.5. The molecule has 28 heavy (non-hydrogen) atoms. The van der Waals surface area contributed by atoms with Crippen molar-refractivity contribution in [2.24, 2.45) is 0 Å². The van der Waals surface area contributed by atoms with Crippen LogP contribution in [-0.2, 0) is 14.3 Å². The smallest absolute Gasteiger partial charge is 0.372 e. The number of benzene rings is 3. The van der Waals surface area contributed by atoms with Gasteiger partial charge in [-0.2, -0.15) is 21.6 Å². The Labute approximate surface area is 168 Å². The molecule has 0 unspecified atom stereocenters. The average molecular weight is 471 g/mol. The van der Waals surface area contributed by atoms with Gasteiger partial charge < -0.3 is 4.18 Å². The summed E-state index contributed by atoms with van der Waals surface area (Å²) in [6, 6.07) is 17.1. The molecular weight excluding hydrogens is 457 g/mol. The molecule has 0 aliphatic rings. The first-order valence-electron chi connectivity index (χ1n) is 8.05. The lowest BCUT2D eigenvalue weighted by atomic mass is 10.1. The molecule has 0 aliphatic heterocycles. The van der Waals surface area contributed by atoms with Crippen molar-refractivity contribution in [3.63, 3.8) is 0 Å². The van der Waals surface area contributed by atoms with E-state index in [1.54, 1.807) is 25.1 Å². The first kappa shape index (κ1) is 20.4. The van der Waals surface area contributed by atoms with Crippen molar-refractivity contribution in [2.45, 2.75) is 18.0 Å². The molecular formula is C20H14BrF3O3S. The van der Waals surface area contributed by atoms with Gasteiger partial charge in [0.25, 0.3) is 0 Å². The Morgan fingerprint density at radius 2 is 1.54 bits per heavy atom. The molecule has 8 heteroatoms. The highest BCUT2D eigenvalue weighted by Gasteiger charge is 2.42. The normalized spacial score (nSPS) is 13.3. The SMILES string of the molecule is Cc1ccc(S(=O)(=O)O/C(=C(\Br)c2ccc3ccccc3c2)C(F)(F)F)cc1. The fourth-order valence-electron chi connectivity index (χ4n) is 2.53. The summed E-state index contributed by atoms with van der Waals surface area (Å²) in [5.74, 6) is -1.64. The van der Waals surface area contributed by atoms with Crippen molar-refractivity contribution in [3.8, 4) is 0 Å². The van der Waals surface area contributed by atoms with Crippen LogP contribution < -0.4 is 0 Å². The molecule has 3 nitrogen and oxygen atoms in total. The summed E-state index contributed by atoms with van der Waals surface area (Å²) in [7, 11) is -4.66. The van der Waals surface area contributed by atoms with Crippen LogP contribution in [0.2, 0.25) is 0 Å². The van der Waals surface area contributed by atoms with Crippen molar-refractivity contribution >= 4 is 41.3 Å². The van der Waals surface area contributed by atoms with E-state index in [1.807, 2.05) is 12.1 Å². The van der Waals surface area contributed by atoms with Crippen LogP contribution >= 0.6 is 15.9 Å². The van der Waals surface area contributed by atoms with Crippen LogP contribution in [0.5, 0.6) is 0 Å². The van der Waals surface area contributed by atoms with Crippen LogP contribution in [0.3, 0.4) is 0 Å². The summed E-state index contributed by atoms with van der Waals surface area (Å²) in [6.07, 6.45) is -5.03. The van der Waals surface area contributed by atoms with Gasteiger partial charge in [-0.1, -0.05) is 54.1 Å². The molecule has 0 N–H and O–H groups in total. The highest BCUT2D eigenvalue weighted by molar-refractivity contribution is 9.15. The number of halogens is 4. The van der Waals surface area contributed by atoms with Crippen LogP contribution in [0, 0.1) is 6.92 Å². The van der Waals surface area contributed by atoms with Gasteiger partial charge in [-0.05, 0) is 57.4 Å². The molecule has 0 aromatic heterocycles. The third-order valence-corrected chi connectivity index (χ3v) is 6.02. The number of alkyl halides is 3. The van der Waals surface area contributed by atoms with E-state index >= 15 is 0 Å².